The molecule has 10 nitrogen and oxygen atoms in total. The molecule has 2 N–H and O–H groups in total. The van der Waals surface area contributed by atoms with Gasteiger partial charge in [-0.2, -0.15) is 4.31 Å². The Hall–Kier alpha value is -2.86. The van der Waals surface area contributed by atoms with E-state index in [4.69, 9.17) is 4.74 Å². The molecule has 178 valence electrons. The van der Waals surface area contributed by atoms with Crippen LogP contribution in [0.15, 0.2) is 47.4 Å². The van der Waals surface area contributed by atoms with Gasteiger partial charge in [-0.25, -0.2) is 13.4 Å². The number of benzene rings is 1. The van der Waals surface area contributed by atoms with Gasteiger partial charge in [-0.1, -0.05) is 12.1 Å². The van der Waals surface area contributed by atoms with E-state index >= 15 is 0 Å². The zero-order valence-electron chi connectivity index (χ0n) is 18.9. The highest BCUT2D eigenvalue weighted by molar-refractivity contribution is 7.89. The van der Waals surface area contributed by atoms with Gasteiger partial charge in [0.2, 0.25) is 21.8 Å². The van der Waals surface area contributed by atoms with E-state index in [1.54, 1.807) is 43.1 Å². The van der Waals surface area contributed by atoms with Gasteiger partial charge >= 0.3 is 0 Å². The van der Waals surface area contributed by atoms with Crippen molar-refractivity contribution in [3.05, 3.63) is 48.2 Å². The highest BCUT2D eigenvalue weighted by Crippen LogP contribution is 2.21. The second kappa shape index (κ2) is 10.8. The average Bonchev–Trinajstić information content (AvgIpc) is 2.79. The number of nitrogens with one attached hydrogen (secondary N) is 2. The van der Waals surface area contributed by atoms with Crippen molar-refractivity contribution < 1.29 is 22.7 Å². The number of rotatable bonds is 8. The van der Waals surface area contributed by atoms with Crippen LogP contribution in [0.4, 0.5) is 11.5 Å². The first-order chi connectivity index (χ1) is 15.7. The number of anilines is 2. The standard InChI is InChI=1S/C22H29N5O5S/c1-16-6-4-9-20(23-16)25-21(28)15-26(3)17(2)22(29)24-18-7-5-8-19(14-18)33(30,31)27-10-12-32-13-11-27/h4-9,14,17H,10-13,15H2,1-3H3,(H,24,29)(H,23,25,28). The molecule has 3 rings (SSSR count). The summed E-state index contributed by atoms with van der Waals surface area (Å²) in [7, 11) is -2.01. The Labute approximate surface area is 194 Å². The number of hydrogen-bond acceptors (Lipinski definition) is 7. The predicted molar refractivity (Wildman–Crippen MR) is 124 cm³/mol. The summed E-state index contributed by atoms with van der Waals surface area (Å²) in [6.07, 6.45) is 0. The first kappa shape index (κ1) is 24.8. The van der Waals surface area contributed by atoms with E-state index in [0.717, 1.165) is 5.69 Å². The van der Waals surface area contributed by atoms with Crippen LogP contribution in [-0.4, -0.2) is 80.4 Å². The van der Waals surface area contributed by atoms with Crippen molar-refractivity contribution in [3.63, 3.8) is 0 Å². The molecule has 0 bridgehead atoms. The molecule has 2 aromatic rings. The summed E-state index contributed by atoms with van der Waals surface area (Å²) in [6, 6.07) is 10.8. The van der Waals surface area contributed by atoms with Crippen LogP contribution in [0.5, 0.6) is 0 Å². The van der Waals surface area contributed by atoms with E-state index in [0.29, 0.717) is 37.8 Å². The lowest BCUT2D eigenvalue weighted by Gasteiger charge is -2.26. The molecule has 0 spiro atoms. The maximum atomic E-state index is 12.9. The molecule has 1 aliphatic heterocycles. The summed E-state index contributed by atoms with van der Waals surface area (Å²) in [4.78, 5) is 31.0. The lowest BCUT2D eigenvalue weighted by Crippen LogP contribution is -2.43. The molecular weight excluding hydrogens is 446 g/mol. The molecule has 0 aliphatic carbocycles. The Bertz CT molecular complexity index is 1100. The molecule has 1 atom stereocenters. The number of carbonyl (C=O) groups excluding carboxylic acids is 2. The minimum atomic E-state index is -3.67. The highest BCUT2D eigenvalue weighted by Gasteiger charge is 2.27. The fourth-order valence-electron chi connectivity index (χ4n) is 3.28. The first-order valence-corrected chi connectivity index (χ1v) is 12.0. The summed E-state index contributed by atoms with van der Waals surface area (Å²) in [5.74, 6) is -0.211. The highest BCUT2D eigenvalue weighted by atomic mass is 32.2. The first-order valence-electron chi connectivity index (χ1n) is 10.6. The molecule has 11 heteroatoms. The van der Waals surface area contributed by atoms with Crippen molar-refractivity contribution in [2.45, 2.75) is 24.8 Å². The van der Waals surface area contributed by atoms with Crippen molar-refractivity contribution in [2.24, 2.45) is 0 Å². The molecule has 2 amide bonds. The maximum Gasteiger partial charge on any atom is 0.243 e. The number of hydrogen-bond donors (Lipinski definition) is 2. The fraction of sp³-hybridized carbons (Fsp3) is 0.409. The smallest absolute Gasteiger partial charge is 0.243 e. The van der Waals surface area contributed by atoms with Gasteiger partial charge in [-0.15, -0.1) is 0 Å². The van der Waals surface area contributed by atoms with Crippen molar-refractivity contribution >= 4 is 33.3 Å². The van der Waals surface area contributed by atoms with Crippen LogP contribution in [0.2, 0.25) is 0 Å². The van der Waals surface area contributed by atoms with Crippen LogP contribution in [0.25, 0.3) is 0 Å². The third kappa shape index (κ3) is 6.57. The number of likely N-dealkylation sites (N-methyl/N-ethyl adjacent to an activating group) is 1. The molecular formula is C22H29N5O5S. The van der Waals surface area contributed by atoms with Gasteiger partial charge in [0.05, 0.1) is 30.7 Å². The van der Waals surface area contributed by atoms with Crippen molar-refractivity contribution in [3.8, 4) is 0 Å². The zero-order valence-corrected chi connectivity index (χ0v) is 19.8. The van der Waals surface area contributed by atoms with Gasteiger partial charge in [0.15, 0.2) is 0 Å². The molecule has 33 heavy (non-hydrogen) atoms. The summed E-state index contributed by atoms with van der Waals surface area (Å²) in [5.41, 5.74) is 1.15. The Morgan fingerprint density at radius 3 is 2.55 bits per heavy atom. The molecule has 0 radical (unpaired) electrons. The molecule has 0 saturated carbocycles. The monoisotopic (exact) mass is 475 g/mol. The second-order valence-electron chi connectivity index (χ2n) is 7.84. The summed E-state index contributed by atoms with van der Waals surface area (Å²) < 4.78 is 32.3. The third-order valence-electron chi connectivity index (χ3n) is 5.30. The number of pyridine rings is 1. The van der Waals surface area contributed by atoms with Gasteiger partial charge in [0, 0.05) is 24.5 Å². The Kier molecular flexibility index (Phi) is 8.14. The fourth-order valence-corrected chi connectivity index (χ4v) is 4.73. The second-order valence-corrected chi connectivity index (χ2v) is 9.77. The topological polar surface area (TPSA) is 121 Å². The van der Waals surface area contributed by atoms with Crippen LogP contribution in [0, 0.1) is 6.92 Å². The minimum Gasteiger partial charge on any atom is -0.379 e. The van der Waals surface area contributed by atoms with Crippen LogP contribution in [-0.2, 0) is 24.3 Å². The Balaban J connectivity index is 1.59. The van der Waals surface area contributed by atoms with E-state index in [1.807, 2.05) is 13.0 Å². The predicted octanol–water partition coefficient (Wildman–Crippen LogP) is 1.31. The Morgan fingerprint density at radius 1 is 1.15 bits per heavy atom. The number of ether oxygens (including phenoxy) is 1. The lowest BCUT2D eigenvalue weighted by atomic mass is 10.2. The third-order valence-corrected chi connectivity index (χ3v) is 7.19. The molecule has 1 aromatic carbocycles. The van der Waals surface area contributed by atoms with E-state index < -0.39 is 16.1 Å². The molecule has 1 saturated heterocycles. The molecule has 1 unspecified atom stereocenters. The quantitative estimate of drug-likeness (QED) is 0.590. The van der Waals surface area contributed by atoms with E-state index in [1.165, 1.54) is 16.4 Å². The van der Waals surface area contributed by atoms with E-state index in [-0.39, 0.29) is 23.3 Å². The van der Waals surface area contributed by atoms with Gasteiger partial charge in [-0.05, 0) is 51.2 Å². The molecule has 1 aromatic heterocycles. The van der Waals surface area contributed by atoms with Crippen LogP contribution in [0.1, 0.15) is 12.6 Å². The minimum absolute atomic E-state index is 0.0182. The lowest BCUT2D eigenvalue weighted by molar-refractivity contribution is -0.122. The SMILES string of the molecule is Cc1cccc(NC(=O)CN(C)C(C)C(=O)Nc2cccc(S(=O)(=O)N3CCOCC3)c2)n1. The largest absolute Gasteiger partial charge is 0.379 e. The zero-order chi connectivity index (χ0) is 24.0. The summed E-state index contributed by atoms with van der Waals surface area (Å²) >= 11 is 0. The van der Waals surface area contributed by atoms with Crippen LogP contribution < -0.4 is 10.6 Å². The van der Waals surface area contributed by atoms with Gasteiger partial charge in [0.1, 0.15) is 5.82 Å². The molecule has 1 aliphatic rings. The number of carbonyl (C=O) groups is 2. The van der Waals surface area contributed by atoms with Crippen LogP contribution in [0.3, 0.4) is 0 Å². The number of morpholine rings is 1. The van der Waals surface area contributed by atoms with E-state index in [2.05, 4.69) is 15.6 Å². The normalized spacial score (nSPS) is 15.8. The van der Waals surface area contributed by atoms with Crippen molar-refractivity contribution in [1.82, 2.24) is 14.2 Å². The van der Waals surface area contributed by atoms with Gasteiger partial charge in [0.25, 0.3) is 0 Å². The summed E-state index contributed by atoms with van der Waals surface area (Å²) in [6.45, 7) is 4.77. The number of aryl methyl sites for hydroxylation is 1. The number of aromatic nitrogens is 1. The number of nitrogens with zero attached hydrogens (tertiary/aromatic N) is 3. The Morgan fingerprint density at radius 2 is 1.85 bits per heavy atom. The maximum absolute atomic E-state index is 12.9. The van der Waals surface area contributed by atoms with Gasteiger partial charge < -0.3 is 15.4 Å². The number of sulfonamides is 1. The molecule has 2 heterocycles. The summed E-state index contributed by atoms with van der Waals surface area (Å²) in [5, 5.41) is 5.44. The number of amides is 2. The van der Waals surface area contributed by atoms with Crippen molar-refractivity contribution in [1.29, 1.82) is 0 Å². The van der Waals surface area contributed by atoms with Gasteiger partial charge in [-0.3, -0.25) is 14.5 Å². The van der Waals surface area contributed by atoms with Crippen LogP contribution >= 0.6 is 0 Å². The van der Waals surface area contributed by atoms with Crippen molar-refractivity contribution in [2.75, 3.05) is 50.5 Å². The average molecular weight is 476 g/mol. The van der Waals surface area contributed by atoms with E-state index in [9.17, 15) is 18.0 Å². The molecule has 1 fully saturated rings.